The highest BCUT2D eigenvalue weighted by Crippen LogP contribution is 2.35. The second-order valence-corrected chi connectivity index (χ2v) is 5.24. The maximum absolute atomic E-state index is 12.0. The third kappa shape index (κ3) is 6.65. The summed E-state index contributed by atoms with van der Waals surface area (Å²) in [5, 5.41) is 5.66. The summed E-state index contributed by atoms with van der Waals surface area (Å²) in [4.78, 5) is 22.4. The van der Waals surface area contributed by atoms with Crippen molar-refractivity contribution >= 4 is 29.2 Å². The number of primary amides is 1. The van der Waals surface area contributed by atoms with Gasteiger partial charge in [-0.3, -0.25) is 4.79 Å². The van der Waals surface area contributed by atoms with Crippen LogP contribution in [-0.4, -0.2) is 32.7 Å². The number of methoxy groups -OCH3 is 2. The molecule has 0 aliphatic rings. The van der Waals surface area contributed by atoms with Crippen LogP contribution in [0.4, 0.5) is 10.5 Å². The lowest BCUT2D eigenvalue weighted by Crippen LogP contribution is -2.29. The number of benzene rings is 1. The molecule has 0 fully saturated rings. The number of urea groups is 1. The van der Waals surface area contributed by atoms with Crippen LogP contribution in [0.3, 0.4) is 0 Å². The van der Waals surface area contributed by atoms with Crippen molar-refractivity contribution < 1.29 is 19.1 Å². The fourth-order valence-corrected chi connectivity index (χ4v) is 2.21. The van der Waals surface area contributed by atoms with E-state index in [4.69, 9.17) is 26.8 Å². The Kier molecular flexibility index (Phi) is 8.04. The summed E-state index contributed by atoms with van der Waals surface area (Å²) < 4.78 is 10.3. The van der Waals surface area contributed by atoms with Crippen LogP contribution in [0.1, 0.15) is 25.7 Å². The summed E-state index contributed by atoms with van der Waals surface area (Å²) in [5.74, 6) is 0.820. The van der Waals surface area contributed by atoms with Crippen molar-refractivity contribution in [2.45, 2.75) is 25.7 Å². The Morgan fingerprint density at radius 1 is 1.13 bits per heavy atom. The molecule has 8 heteroatoms. The fourth-order valence-electron chi connectivity index (χ4n) is 1.97. The first kappa shape index (κ1) is 18.9. The van der Waals surface area contributed by atoms with Gasteiger partial charge in [-0.15, -0.1) is 0 Å². The van der Waals surface area contributed by atoms with Gasteiger partial charge in [0.15, 0.2) is 0 Å². The highest BCUT2D eigenvalue weighted by atomic mass is 35.5. The van der Waals surface area contributed by atoms with Gasteiger partial charge < -0.3 is 25.8 Å². The summed E-state index contributed by atoms with van der Waals surface area (Å²) in [6.45, 7) is 0.513. The summed E-state index contributed by atoms with van der Waals surface area (Å²) in [5.41, 5.74) is 5.45. The van der Waals surface area contributed by atoms with E-state index in [2.05, 4.69) is 10.6 Å². The third-order valence-corrected chi connectivity index (χ3v) is 3.42. The molecule has 3 amide bonds. The summed E-state index contributed by atoms with van der Waals surface area (Å²) >= 11 is 6.05. The van der Waals surface area contributed by atoms with Crippen LogP contribution < -0.4 is 25.8 Å². The van der Waals surface area contributed by atoms with Gasteiger partial charge in [-0.2, -0.15) is 0 Å². The van der Waals surface area contributed by atoms with E-state index in [1.807, 2.05) is 0 Å². The highest BCUT2D eigenvalue weighted by molar-refractivity contribution is 6.32. The molecule has 7 nitrogen and oxygen atoms in total. The molecule has 0 aliphatic carbocycles. The lowest BCUT2D eigenvalue weighted by Gasteiger charge is -2.13. The van der Waals surface area contributed by atoms with Crippen molar-refractivity contribution in [3.63, 3.8) is 0 Å². The number of carbonyl (C=O) groups is 2. The van der Waals surface area contributed by atoms with Crippen molar-refractivity contribution in [2.75, 3.05) is 26.1 Å². The molecule has 128 valence electrons. The maximum atomic E-state index is 12.0. The Morgan fingerprint density at radius 3 is 2.43 bits per heavy atom. The van der Waals surface area contributed by atoms with E-state index < -0.39 is 6.03 Å². The largest absolute Gasteiger partial charge is 0.495 e. The van der Waals surface area contributed by atoms with Gasteiger partial charge in [-0.25, -0.2) is 4.79 Å². The number of nitrogens with one attached hydrogen (secondary N) is 2. The SMILES string of the molecule is COc1cc(OC)c(NC(=O)CCCCCNC(N)=O)cc1Cl. The monoisotopic (exact) mass is 343 g/mol. The Morgan fingerprint density at radius 2 is 1.83 bits per heavy atom. The summed E-state index contributed by atoms with van der Waals surface area (Å²) in [6.07, 6.45) is 2.66. The number of amides is 3. The molecule has 0 aromatic heterocycles. The predicted octanol–water partition coefficient (Wildman–Crippen LogP) is 2.52. The van der Waals surface area contributed by atoms with E-state index in [0.29, 0.717) is 41.6 Å². The minimum atomic E-state index is -0.536. The molecule has 0 saturated carbocycles. The van der Waals surface area contributed by atoms with Gasteiger partial charge in [-0.1, -0.05) is 18.0 Å². The number of halogens is 1. The first-order chi connectivity index (χ1) is 11.0. The zero-order chi connectivity index (χ0) is 17.2. The van der Waals surface area contributed by atoms with E-state index in [1.165, 1.54) is 14.2 Å². The standard InChI is InChI=1S/C15H22ClN3O4/c1-22-12-9-13(23-2)11(8-10(12)16)19-14(20)6-4-3-5-7-18-15(17)21/h8-9H,3-7H2,1-2H3,(H,19,20)(H3,17,18,21). The van der Waals surface area contributed by atoms with Gasteiger partial charge in [0.25, 0.3) is 0 Å². The molecule has 0 saturated heterocycles. The molecule has 0 spiro atoms. The molecule has 0 unspecified atom stereocenters. The van der Waals surface area contributed by atoms with Crippen LogP contribution in [0, 0.1) is 0 Å². The smallest absolute Gasteiger partial charge is 0.312 e. The number of unbranched alkanes of at least 4 members (excludes halogenated alkanes) is 2. The number of nitrogens with two attached hydrogens (primary N) is 1. The third-order valence-electron chi connectivity index (χ3n) is 3.13. The predicted molar refractivity (Wildman–Crippen MR) is 89.2 cm³/mol. The number of ether oxygens (including phenoxy) is 2. The average Bonchev–Trinajstić information content (AvgIpc) is 2.50. The number of carbonyl (C=O) groups excluding carboxylic acids is 2. The van der Waals surface area contributed by atoms with Crippen LogP contribution in [-0.2, 0) is 4.79 Å². The van der Waals surface area contributed by atoms with Gasteiger partial charge in [0.05, 0.1) is 24.9 Å². The molecule has 1 aromatic rings. The number of anilines is 1. The van der Waals surface area contributed by atoms with E-state index in [9.17, 15) is 9.59 Å². The van der Waals surface area contributed by atoms with Gasteiger partial charge in [-0.05, 0) is 18.9 Å². The van der Waals surface area contributed by atoms with Gasteiger partial charge in [0.1, 0.15) is 11.5 Å². The van der Waals surface area contributed by atoms with E-state index in [0.717, 1.165) is 12.8 Å². The minimum absolute atomic E-state index is 0.132. The lowest BCUT2D eigenvalue weighted by atomic mass is 10.2. The van der Waals surface area contributed by atoms with Crippen molar-refractivity contribution in [1.29, 1.82) is 0 Å². The van der Waals surface area contributed by atoms with Crippen LogP contribution >= 0.6 is 11.6 Å². The zero-order valence-corrected chi connectivity index (χ0v) is 14.0. The topological polar surface area (TPSA) is 103 Å². The molecular formula is C15H22ClN3O4. The maximum Gasteiger partial charge on any atom is 0.312 e. The molecule has 23 heavy (non-hydrogen) atoms. The Labute approximate surface area is 140 Å². The number of hydrogen-bond acceptors (Lipinski definition) is 4. The quantitative estimate of drug-likeness (QED) is 0.599. The molecule has 1 aromatic carbocycles. The average molecular weight is 344 g/mol. The van der Waals surface area contributed by atoms with E-state index in [-0.39, 0.29) is 5.91 Å². The van der Waals surface area contributed by atoms with Gasteiger partial charge in [0, 0.05) is 19.0 Å². The van der Waals surface area contributed by atoms with Crippen LogP contribution in [0.25, 0.3) is 0 Å². The molecule has 4 N–H and O–H groups in total. The second-order valence-electron chi connectivity index (χ2n) is 4.84. The van der Waals surface area contributed by atoms with Crippen molar-refractivity contribution in [1.82, 2.24) is 5.32 Å². The molecule has 0 heterocycles. The highest BCUT2D eigenvalue weighted by Gasteiger charge is 2.12. The molecule has 0 bridgehead atoms. The lowest BCUT2D eigenvalue weighted by molar-refractivity contribution is -0.116. The van der Waals surface area contributed by atoms with E-state index >= 15 is 0 Å². The van der Waals surface area contributed by atoms with Gasteiger partial charge >= 0.3 is 6.03 Å². The van der Waals surface area contributed by atoms with E-state index in [1.54, 1.807) is 12.1 Å². The second kappa shape index (κ2) is 9.78. The first-order valence-corrected chi connectivity index (χ1v) is 7.60. The summed E-state index contributed by atoms with van der Waals surface area (Å²) in [6, 6.07) is 2.67. The first-order valence-electron chi connectivity index (χ1n) is 7.22. The van der Waals surface area contributed by atoms with Crippen LogP contribution in [0.15, 0.2) is 12.1 Å². The fraction of sp³-hybridized carbons (Fsp3) is 0.467. The van der Waals surface area contributed by atoms with Crippen LogP contribution in [0.2, 0.25) is 5.02 Å². The normalized spacial score (nSPS) is 10.0. The summed E-state index contributed by atoms with van der Waals surface area (Å²) in [7, 11) is 3.01. The van der Waals surface area contributed by atoms with Gasteiger partial charge in [0.2, 0.25) is 5.91 Å². The molecular weight excluding hydrogens is 322 g/mol. The number of hydrogen-bond donors (Lipinski definition) is 3. The Balaban J connectivity index is 2.45. The molecule has 0 atom stereocenters. The van der Waals surface area contributed by atoms with Crippen molar-refractivity contribution in [3.05, 3.63) is 17.2 Å². The molecule has 0 aliphatic heterocycles. The van der Waals surface area contributed by atoms with Crippen molar-refractivity contribution in [3.8, 4) is 11.5 Å². The Bertz CT molecular complexity index is 552. The van der Waals surface area contributed by atoms with Crippen molar-refractivity contribution in [2.24, 2.45) is 5.73 Å². The number of rotatable bonds is 9. The Hall–Kier alpha value is -2.15. The minimum Gasteiger partial charge on any atom is -0.495 e. The van der Waals surface area contributed by atoms with Crippen LogP contribution in [0.5, 0.6) is 11.5 Å². The zero-order valence-electron chi connectivity index (χ0n) is 13.3. The molecule has 0 radical (unpaired) electrons. The molecule has 1 rings (SSSR count).